The van der Waals surface area contributed by atoms with Crippen molar-refractivity contribution in [3.05, 3.63) is 0 Å². The highest BCUT2D eigenvalue weighted by Crippen LogP contribution is 2.32. The number of nitrogens with zero attached hydrogens (tertiary/aromatic N) is 2. The van der Waals surface area contributed by atoms with Crippen molar-refractivity contribution >= 4 is 12.0 Å². The Bertz CT molecular complexity index is 427. The first kappa shape index (κ1) is 17.1. The second-order valence-electron chi connectivity index (χ2n) is 7.49. The molecule has 22 heavy (non-hydrogen) atoms. The molecule has 2 aliphatic rings. The van der Waals surface area contributed by atoms with Crippen molar-refractivity contribution in [2.24, 2.45) is 5.73 Å². The van der Waals surface area contributed by atoms with Gasteiger partial charge in [-0.1, -0.05) is 0 Å². The van der Waals surface area contributed by atoms with Crippen molar-refractivity contribution in [3.63, 3.8) is 0 Å². The summed E-state index contributed by atoms with van der Waals surface area (Å²) in [5, 5.41) is 0. The summed E-state index contributed by atoms with van der Waals surface area (Å²) in [6, 6.07) is -0.119. The number of likely N-dealkylation sites (tertiary alicyclic amines) is 1. The lowest BCUT2D eigenvalue weighted by Crippen LogP contribution is -2.56. The molecule has 0 aromatic rings. The standard InChI is InChI=1S/C16H29N3O3/c1-11(17)14(20)19(12-7-8-12)13-6-5-9-18(10-13)15(21)22-16(2,3)4/h11-13H,5-10,17H2,1-4H3/t11-,13+/m0/s1. The van der Waals surface area contributed by atoms with Crippen LogP contribution in [0, 0.1) is 0 Å². The summed E-state index contributed by atoms with van der Waals surface area (Å²) in [6.07, 6.45) is 3.61. The van der Waals surface area contributed by atoms with Gasteiger partial charge in [-0.15, -0.1) is 0 Å². The molecule has 2 atom stereocenters. The number of nitrogens with two attached hydrogens (primary N) is 1. The maximum absolute atomic E-state index is 12.4. The number of hydrogen-bond donors (Lipinski definition) is 1. The minimum atomic E-state index is -0.498. The summed E-state index contributed by atoms with van der Waals surface area (Å²) < 4.78 is 5.45. The molecule has 0 bridgehead atoms. The van der Waals surface area contributed by atoms with Crippen LogP contribution in [-0.2, 0) is 9.53 Å². The first-order chi connectivity index (χ1) is 10.2. The summed E-state index contributed by atoms with van der Waals surface area (Å²) in [4.78, 5) is 28.3. The highest BCUT2D eigenvalue weighted by Gasteiger charge is 2.40. The first-order valence-corrected chi connectivity index (χ1v) is 8.24. The van der Waals surface area contributed by atoms with Gasteiger partial charge in [0.2, 0.25) is 5.91 Å². The Morgan fingerprint density at radius 1 is 1.23 bits per heavy atom. The third-order valence-corrected chi connectivity index (χ3v) is 4.03. The molecule has 0 spiro atoms. The number of carbonyl (C=O) groups excluding carboxylic acids is 2. The molecule has 1 saturated heterocycles. The summed E-state index contributed by atoms with van der Waals surface area (Å²) >= 11 is 0. The van der Waals surface area contributed by atoms with Crippen molar-refractivity contribution < 1.29 is 14.3 Å². The van der Waals surface area contributed by atoms with Gasteiger partial charge in [0.1, 0.15) is 5.60 Å². The molecule has 0 radical (unpaired) electrons. The Kier molecular flexibility index (Phi) is 5.00. The highest BCUT2D eigenvalue weighted by molar-refractivity contribution is 5.82. The van der Waals surface area contributed by atoms with Crippen LogP contribution in [0.5, 0.6) is 0 Å². The van der Waals surface area contributed by atoms with Crippen molar-refractivity contribution in [1.82, 2.24) is 9.80 Å². The molecule has 1 aliphatic carbocycles. The Labute approximate surface area is 132 Å². The van der Waals surface area contributed by atoms with Gasteiger partial charge in [-0.2, -0.15) is 0 Å². The lowest BCUT2D eigenvalue weighted by molar-refractivity contribution is -0.136. The number of rotatable bonds is 3. The minimum Gasteiger partial charge on any atom is -0.444 e. The molecule has 0 aromatic carbocycles. The van der Waals surface area contributed by atoms with E-state index in [0.717, 1.165) is 25.7 Å². The molecule has 6 nitrogen and oxygen atoms in total. The molecule has 1 saturated carbocycles. The van der Waals surface area contributed by atoms with Gasteiger partial charge in [-0.25, -0.2) is 4.79 Å². The molecule has 6 heteroatoms. The van der Waals surface area contributed by atoms with Crippen LogP contribution in [-0.4, -0.2) is 58.6 Å². The van der Waals surface area contributed by atoms with Crippen LogP contribution >= 0.6 is 0 Å². The summed E-state index contributed by atoms with van der Waals surface area (Å²) in [5.41, 5.74) is 5.29. The zero-order chi connectivity index (χ0) is 16.5. The van der Waals surface area contributed by atoms with Crippen LogP contribution in [0.4, 0.5) is 4.79 Å². The number of amides is 2. The monoisotopic (exact) mass is 311 g/mol. The second kappa shape index (κ2) is 6.44. The van der Waals surface area contributed by atoms with E-state index in [0.29, 0.717) is 19.1 Å². The predicted octanol–water partition coefficient (Wildman–Crippen LogP) is 1.72. The molecule has 2 N–H and O–H groups in total. The van der Waals surface area contributed by atoms with Crippen molar-refractivity contribution in [1.29, 1.82) is 0 Å². The fourth-order valence-electron chi connectivity index (χ4n) is 2.92. The van der Waals surface area contributed by atoms with Crippen molar-refractivity contribution in [2.45, 2.75) is 77.1 Å². The predicted molar refractivity (Wildman–Crippen MR) is 84.3 cm³/mol. The largest absolute Gasteiger partial charge is 0.444 e. The Balaban J connectivity index is 2.02. The van der Waals surface area contributed by atoms with E-state index in [4.69, 9.17) is 10.5 Å². The molecule has 2 amide bonds. The molecule has 0 aromatic heterocycles. The van der Waals surface area contributed by atoms with Crippen LogP contribution in [0.2, 0.25) is 0 Å². The molecule has 0 unspecified atom stereocenters. The number of hydrogen-bond acceptors (Lipinski definition) is 4. The lowest BCUT2D eigenvalue weighted by Gasteiger charge is -2.40. The normalized spacial score (nSPS) is 23.9. The van der Waals surface area contributed by atoms with E-state index in [2.05, 4.69) is 0 Å². The third kappa shape index (κ3) is 4.35. The maximum Gasteiger partial charge on any atom is 0.410 e. The van der Waals surface area contributed by atoms with Gasteiger partial charge >= 0.3 is 6.09 Å². The van der Waals surface area contributed by atoms with Gasteiger partial charge in [0.15, 0.2) is 0 Å². The Hall–Kier alpha value is -1.30. The number of piperidine rings is 1. The van der Waals surface area contributed by atoms with Crippen LogP contribution in [0.1, 0.15) is 53.4 Å². The molecular weight excluding hydrogens is 282 g/mol. The molecule has 2 fully saturated rings. The molecule has 126 valence electrons. The SMILES string of the molecule is C[C@H](N)C(=O)N(C1CC1)[C@@H]1CCCN(C(=O)OC(C)(C)C)C1. The van der Waals surface area contributed by atoms with E-state index >= 15 is 0 Å². The Morgan fingerprint density at radius 3 is 2.36 bits per heavy atom. The third-order valence-electron chi connectivity index (χ3n) is 4.03. The van der Waals surface area contributed by atoms with Gasteiger partial charge < -0.3 is 20.3 Å². The molecule has 1 aliphatic heterocycles. The molecule has 1 heterocycles. The van der Waals surface area contributed by atoms with E-state index < -0.39 is 11.6 Å². The Morgan fingerprint density at radius 2 is 1.86 bits per heavy atom. The topological polar surface area (TPSA) is 75.9 Å². The van der Waals surface area contributed by atoms with E-state index in [-0.39, 0.29) is 18.0 Å². The lowest BCUT2D eigenvalue weighted by atomic mass is 10.0. The van der Waals surface area contributed by atoms with Gasteiger partial charge in [0, 0.05) is 25.2 Å². The highest BCUT2D eigenvalue weighted by atomic mass is 16.6. The van der Waals surface area contributed by atoms with Crippen molar-refractivity contribution in [3.8, 4) is 0 Å². The quantitative estimate of drug-likeness (QED) is 0.861. The fraction of sp³-hybridized carbons (Fsp3) is 0.875. The average molecular weight is 311 g/mol. The minimum absolute atomic E-state index is 0.00135. The summed E-state index contributed by atoms with van der Waals surface area (Å²) in [7, 11) is 0. The summed E-state index contributed by atoms with van der Waals surface area (Å²) in [5.74, 6) is -0.00135. The number of ether oxygens (including phenoxy) is 1. The average Bonchev–Trinajstić information content (AvgIpc) is 3.22. The van der Waals surface area contributed by atoms with E-state index in [1.807, 2.05) is 25.7 Å². The van der Waals surface area contributed by atoms with Crippen molar-refractivity contribution in [2.75, 3.05) is 13.1 Å². The number of carbonyl (C=O) groups is 2. The van der Waals surface area contributed by atoms with Crippen LogP contribution in [0.15, 0.2) is 0 Å². The van der Waals surface area contributed by atoms with Gasteiger partial charge in [0.05, 0.1) is 6.04 Å². The van der Waals surface area contributed by atoms with E-state index in [9.17, 15) is 9.59 Å². The zero-order valence-electron chi connectivity index (χ0n) is 14.2. The van der Waals surface area contributed by atoms with Gasteiger partial charge in [0.25, 0.3) is 0 Å². The first-order valence-electron chi connectivity index (χ1n) is 8.24. The molecule has 2 rings (SSSR count). The summed E-state index contributed by atoms with van der Waals surface area (Å²) in [6.45, 7) is 8.56. The van der Waals surface area contributed by atoms with Gasteiger partial charge in [-0.05, 0) is 53.4 Å². The maximum atomic E-state index is 12.4. The van der Waals surface area contributed by atoms with Crippen LogP contribution < -0.4 is 5.73 Å². The second-order valence-corrected chi connectivity index (χ2v) is 7.49. The van der Waals surface area contributed by atoms with Crippen LogP contribution in [0.25, 0.3) is 0 Å². The van der Waals surface area contributed by atoms with Crippen LogP contribution in [0.3, 0.4) is 0 Å². The fourth-order valence-corrected chi connectivity index (χ4v) is 2.92. The van der Waals surface area contributed by atoms with E-state index in [1.54, 1.807) is 11.8 Å². The van der Waals surface area contributed by atoms with Gasteiger partial charge in [-0.3, -0.25) is 4.79 Å². The zero-order valence-corrected chi connectivity index (χ0v) is 14.2. The molecular formula is C16H29N3O3. The smallest absolute Gasteiger partial charge is 0.410 e. The van der Waals surface area contributed by atoms with E-state index in [1.165, 1.54) is 0 Å².